The molecule has 0 aromatic rings. The van der Waals surface area contributed by atoms with Crippen LogP contribution in [0.4, 0.5) is 0 Å². The van der Waals surface area contributed by atoms with Crippen molar-refractivity contribution in [1.82, 2.24) is 15.1 Å². The third-order valence-corrected chi connectivity index (χ3v) is 5.32. The Morgan fingerprint density at radius 1 is 1.09 bits per heavy atom. The summed E-state index contributed by atoms with van der Waals surface area (Å²) in [6.07, 6.45) is 5.06. The second-order valence-corrected chi connectivity index (χ2v) is 6.39. The van der Waals surface area contributed by atoms with Crippen molar-refractivity contribution in [3.63, 3.8) is 0 Å². The van der Waals surface area contributed by atoms with Gasteiger partial charge in [-0.15, -0.1) is 12.4 Å². The number of rotatable bonds is 2. The van der Waals surface area contributed by atoms with Gasteiger partial charge in [0.2, 0.25) is 17.7 Å². The number of piperazine rings is 1. The molecule has 7 heteroatoms. The normalized spacial score (nSPS) is 35.8. The standard InChI is InChI=1S/C15H19N3O3.ClH/c19-11(17-5-3-16-4-6-17)8-18-14(20)12-9-1-2-10(7-9)13(12)15(18)21;/h1-2,9-10,12-13,16H,3-8H2;1H. The average Bonchev–Trinajstić information content (AvgIpc) is 3.18. The second-order valence-electron chi connectivity index (χ2n) is 6.39. The van der Waals surface area contributed by atoms with E-state index in [2.05, 4.69) is 17.5 Å². The molecular formula is C15H20ClN3O3. The number of amides is 3. The van der Waals surface area contributed by atoms with Gasteiger partial charge in [0.15, 0.2) is 0 Å². The molecule has 2 saturated heterocycles. The molecule has 2 aliphatic carbocycles. The average molecular weight is 326 g/mol. The van der Waals surface area contributed by atoms with E-state index in [1.165, 1.54) is 4.90 Å². The fraction of sp³-hybridized carbons (Fsp3) is 0.667. The quantitative estimate of drug-likeness (QED) is 0.556. The minimum atomic E-state index is -0.205. The number of nitrogens with one attached hydrogen (secondary N) is 1. The molecule has 2 heterocycles. The first-order valence-electron chi connectivity index (χ1n) is 7.69. The summed E-state index contributed by atoms with van der Waals surface area (Å²) in [6.45, 7) is 2.76. The molecule has 2 aliphatic heterocycles. The first-order chi connectivity index (χ1) is 10.2. The van der Waals surface area contributed by atoms with Crippen molar-refractivity contribution in [2.24, 2.45) is 23.7 Å². The Labute approximate surface area is 135 Å². The molecule has 1 saturated carbocycles. The Balaban J connectivity index is 0.00000144. The van der Waals surface area contributed by atoms with E-state index in [-0.39, 0.29) is 60.3 Å². The molecule has 0 spiro atoms. The van der Waals surface area contributed by atoms with Crippen LogP contribution in [0.2, 0.25) is 0 Å². The third kappa shape index (κ3) is 2.16. The van der Waals surface area contributed by atoms with Crippen LogP contribution in [-0.4, -0.2) is 60.2 Å². The number of hydrogen-bond donors (Lipinski definition) is 1. The highest BCUT2D eigenvalue weighted by molar-refractivity contribution is 6.08. The Kier molecular flexibility index (Phi) is 3.99. The molecule has 120 valence electrons. The Morgan fingerprint density at radius 2 is 1.64 bits per heavy atom. The van der Waals surface area contributed by atoms with Crippen LogP contribution in [-0.2, 0) is 14.4 Å². The molecule has 4 unspecified atom stereocenters. The fourth-order valence-electron chi connectivity index (χ4n) is 4.27. The van der Waals surface area contributed by atoms with E-state index in [1.54, 1.807) is 4.90 Å². The monoisotopic (exact) mass is 325 g/mol. The third-order valence-electron chi connectivity index (χ3n) is 5.32. The predicted octanol–water partition coefficient (Wildman–Crippen LogP) is -0.353. The maximum atomic E-state index is 12.5. The highest BCUT2D eigenvalue weighted by atomic mass is 35.5. The lowest BCUT2D eigenvalue weighted by atomic mass is 9.85. The van der Waals surface area contributed by atoms with Gasteiger partial charge in [0, 0.05) is 26.2 Å². The van der Waals surface area contributed by atoms with Crippen molar-refractivity contribution in [2.45, 2.75) is 6.42 Å². The first kappa shape index (κ1) is 15.5. The number of nitrogens with zero attached hydrogens (tertiary/aromatic N) is 2. The van der Waals surface area contributed by atoms with Crippen molar-refractivity contribution in [3.05, 3.63) is 12.2 Å². The van der Waals surface area contributed by atoms with Gasteiger partial charge in [0.05, 0.1) is 11.8 Å². The summed E-state index contributed by atoms with van der Waals surface area (Å²) in [7, 11) is 0. The van der Waals surface area contributed by atoms with Gasteiger partial charge >= 0.3 is 0 Å². The van der Waals surface area contributed by atoms with Crippen LogP contribution >= 0.6 is 12.4 Å². The molecule has 3 amide bonds. The molecular weight excluding hydrogens is 306 g/mol. The molecule has 0 aromatic carbocycles. The molecule has 1 N–H and O–H groups in total. The summed E-state index contributed by atoms with van der Waals surface area (Å²) in [6, 6.07) is 0. The van der Waals surface area contributed by atoms with Crippen LogP contribution in [0.15, 0.2) is 12.2 Å². The first-order valence-corrected chi connectivity index (χ1v) is 7.69. The van der Waals surface area contributed by atoms with E-state index in [1.807, 2.05) is 0 Å². The molecule has 3 fully saturated rings. The van der Waals surface area contributed by atoms with Crippen LogP contribution in [0.5, 0.6) is 0 Å². The van der Waals surface area contributed by atoms with Gasteiger partial charge < -0.3 is 10.2 Å². The van der Waals surface area contributed by atoms with Gasteiger partial charge in [-0.1, -0.05) is 12.2 Å². The molecule has 4 rings (SSSR count). The SMILES string of the molecule is Cl.O=C(CN1C(=O)C2C3C=CC(C3)C2C1=O)N1CCNCC1. The highest BCUT2D eigenvalue weighted by Crippen LogP contribution is 2.52. The summed E-state index contributed by atoms with van der Waals surface area (Å²) in [5.74, 6) is -0.382. The van der Waals surface area contributed by atoms with E-state index >= 15 is 0 Å². The van der Waals surface area contributed by atoms with Crippen LogP contribution in [0.1, 0.15) is 6.42 Å². The number of hydrogen-bond acceptors (Lipinski definition) is 4. The number of halogens is 1. The molecule has 2 bridgehead atoms. The minimum Gasteiger partial charge on any atom is -0.339 e. The summed E-state index contributed by atoms with van der Waals surface area (Å²) in [5.41, 5.74) is 0. The zero-order chi connectivity index (χ0) is 14.6. The predicted molar refractivity (Wildman–Crippen MR) is 81.1 cm³/mol. The molecule has 0 aromatic heterocycles. The number of likely N-dealkylation sites (tertiary alicyclic amines) is 1. The Morgan fingerprint density at radius 3 is 2.18 bits per heavy atom. The van der Waals surface area contributed by atoms with Gasteiger partial charge in [-0.05, 0) is 18.3 Å². The van der Waals surface area contributed by atoms with Gasteiger partial charge in [-0.3, -0.25) is 19.3 Å². The van der Waals surface area contributed by atoms with Crippen LogP contribution in [0.25, 0.3) is 0 Å². The lowest BCUT2D eigenvalue weighted by molar-refractivity contribution is -0.147. The molecule has 0 radical (unpaired) electrons. The topological polar surface area (TPSA) is 69.7 Å². The van der Waals surface area contributed by atoms with Gasteiger partial charge in [0.25, 0.3) is 0 Å². The van der Waals surface area contributed by atoms with Crippen molar-refractivity contribution in [3.8, 4) is 0 Å². The number of fused-ring (bicyclic) bond motifs is 5. The number of imide groups is 1. The Hall–Kier alpha value is -1.40. The summed E-state index contributed by atoms with van der Waals surface area (Å²) >= 11 is 0. The molecule has 4 atom stereocenters. The summed E-state index contributed by atoms with van der Waals surface area (Å²) in [4.78, 5) is 40.2. The lowest BCUT2D eigenvalue weighted by Gasteiger charge is -2.29. The highest BCUT2D eigenvalue weighted by Gasteiger charge is 2.59. The zero-order valence-corrected chi connectivity index (χ0v) is 13.1. The maximum absolute atomic E-state index is 12.5. The summed E-state index contributed by atoms with van der Waals surface area (Å²) in [5, 5.41) is 3.18. The van der Waals surface area contributed by atoms with Crippen molar-refractivity contribution in [2.75, 3.05) is 32.7 Å². The largest absolute Gasteiger partial charge is 0.339 e. The summed E-state index contributed by atoms with van der Waals surface area (Å²) < 4.78 is 0. The zero-order valence-electron chi connectivity index (χ0n) is 12.2. The van der Waals surface area contributed by atoms with Crippen LogP contribution in [0, 0.1) is 23.7 Å². The van der Waals surface area contributed by atoms with E-state index in [0.717, 1.165) is 19.5 Å². The second kappa shape index (κ2) is 5.66. The van der Waals surface area contributed by atoms with Gasteiger partial charge in [0.1, 0.15) is 6.54 Å². The van der Waals surface area contributed by atoms with Crippen molar-refractivity contribution >= 4 is 30.1 Å². The lowest BCUT2D eigenvalue weighted by Crippen LogP contribution is -2.50. The van der Waals surface area contributed by atoms with Gasteiger partial charge in [-0.2, -0.15) is 0 Å². The van der Waals surface area contributed by atoms with Gasteiger partial charge in [-0.25, -0.2) is 0 Å². The fourth-order valence-corrected chi connectivity index (χ4v) is 4.27. The van der Waals surface area contributed by atoms with E-state index in [4.69, 9.17) is 0 Å². The van der Waals surface area contributed by atoms with E-state index in [9.17, 15) is 14.4 Å². The smallest absolute Gasteiger partial charge is 0.242 e. The van der Waals surface area contributed by atoms with Crippen molar-refractivity contribution < 1.29 is 14.4 Å². The maximum Gasteiger partial charge on any atom is 0.242 e. The van der Waals surface area contributed by atoms with Crippen LogP contribution < -0.4 is 5.32 Å². The minimum absolute atomic E-state index is 0. The Bertz CT molecular complexity index is 514. The van der Waals surface area contributed by atoms with Crippen molar-refractivity contribution in [1.29, 1.82) is 0 Å². The number of carbonyl (C=O) groups excluding carboxylic acids is 3. The van der Waals surface area contributed by atoms with E-state index < -0.39 is 0 Å². The molecule has 6 nitrogen and oxygen atoms in total. The van der Waals surface area contributed by atoms with E-state index in [0.29, 0.717) is 13.1 Å². The van der Waals surface area contributed by atoms with Crippen LogP contribution in [0.3, 0.4) is 0 Å². The molecule has 4 aliphatic rings. The molecule has 22 heavy (non-hydrogen) atoms. The number of allylic oxidation sites excluding steroid dienone is 2. The number of carbonyl (C=O) groups is 3.